The summed E-state index contributed by atoms with van der Waals surface area (Å²) in [6.07, 6.45) is 5.54. The number of aryl methyl sites for hydroxylation is 1. The lowest BCUT2D eigenvalue weighted by molar-refractivity contribution is 0.767. The summed E-state index contributed by atoms with van der Waals surface area (Å²) in [7, 11) is 3.77. The number of pyridine rings is 1. The number of thiophene rings is 1. The van der Waals surface area contributed by atoms with Crippen LogP contribution in [0.25, 0.3) is 0 Å². The third-order valence-corrected chi connectivity index (χ3v) is 4.76. The van der Waals surface area contributed by atoms with Crippen molar-refractivity contribution in [1.29, 1.82) is 0 Å². The molecular formula is C17H16N6S. The Hall–Kier alpha value is -2.80. The molecule has 1 N–H and O–H groups in total. The molecule has 6 nitrogen and oxygen atoms in total. The molecule has 0 saturated heterocycles. The van der Waals surface area contributed by atoms with Crippen LogP contribution in [0.2, 0.25) is 0 Å². The molecule has 7 heteroatoms. The molecule has 1 aliphatic heterocycles. The largest absolute Gasteiger partial charge is 0.374 e. The highest BCUT2D eigenvalue weighted by Crippen LogP contribution is 2.31. The van der Waals surface area contributed by atoms with Crippen LogP contribution in [-0.2, 0) is 7.05 Å². The van der Waals surface area contributed by atoms with E-state index in [-0.39, 0.29) is 6.04 Å². The molecule has 1 aliphatic rings. The summed E-state index contributed by atoms with van der Waals surface area (Å²) >= 11 is 1.67. The van der Waals surface area contributed by atoms with Gasteiger partial charge in [0.25, 0.3) is 0 Å². The van der Waals surface area contributed by atoms with Crippen molar-refractivity contribution in [1.82, 2.24) is 20.1 Å². The van der Waals surface area contributed by atoms with Gasteiger partial charge < -0.3 is 5.32 Å². The minimum atomic E-state index is -0.181. The van der Waals surface area contributed by atoms with Gasteiger partial charge in [-0.2, -0.15) is 5.10 Å². The van der Waals surface area contributed by atoms with Gasteiger partial charge in [0.05, 0.1) is 11.9 Å². The second-order valence-electron chi connectivity index (χ2n) is 5.42. The van der Waals surface area contributed by atoms with Gasteiger partial charge in [0.1, 0.15) is 11.9 Å². The zero-order valence-electron chi connectivity index (χ0n) is 13.3. The van der Waals surface area contributed by atoms with Crippen molar-refractivity contribution in [3.05, 3.63) is 64.2 Å². The summed E-state index contributed by atoms with van der Waals surface area (Å²) in [5, 5.41) is 9.53. The highest BCUT2D eigenvalue weighted by Gasteiger charge is 2.25. The number of amidine groups is 1. The first-order valence-corrected chi connectivity index (χ1v) is 8.46. The van der Waals surface area contributed by atoms with Crippen LogP contribution < -0.4 is 5.32 Å². The fourth-order valence-corrected chi connectivity index (χ4v) is 3.48. The molecule has 24 heavy (non-hydrogen) atoms. The topological polar surface area (TPSA) is 67.5 Å². The predicted octanol–water partition coefficient (Wildman–Crippen LogP) is 2.72. The molecule has 4 heterocycles. The van der Waals surface area contributed by atoms with Crippen molar-refractivity contribution in [2.45, 2.75) is 6.04 Å². The molecule has 0 aromatic carbocycles. The first-order chi connectivity index (χ1) is 11.8. The van der Waals surface area contributed by atoms with Crippen molar-refractivity contribution < 1.29 is 0 Å². The van der Waals surface area contributed by atoms with Gasteiger partial charge in [0, 0.05) is 42.5 Å². The van der Waals surface area contributed by atoms with E-state index in [1.165, 1.54) is 0 Å². The second kappa shape index (κ2) is 6.01. The highest BCUT2D eigenvalue weighted by atomic mass is 32.1. The number of fused-ring (bicyclic) bond motifs is 1. The van der Waals surface area contributed by atoms with Crippen LogP contribution >= 0.6 is 11.3 Å². The summed E-state index contributed by atoms with van der Waals surface area (Å²) in [6, 6.07) is 7.84. The van der Waals surface area contributed by atoms with E-state index >= 15 is 0 Å². The minimum absolute atomic E-state index is 0.181. The number of likely N-dealkylation sites (N-methyl/N-ethyl adjacent to an activating group) is 1. The molecular weight excluding hydrogens is 320 g/mol. The molecule has 0 spiro atoms. The van der Waals surface area contributed by atoms with Crippen molar-refractivity contribution in [2.75, 3.05) is 7.05 Å². The molecule has 1 unspecified atom stereocenters. The molecule has 120 valence electrons. The maximum absolute atomic E-state index is 5.04. The van der Waals surface area contributed by atoms with Gasteiger partial charge in [-0.3, -0.25) is 9.67 Å². The standard InChI is InChI=1S/C17H16N6S/c1-18-17-15(13-6-4-8-24-13)21-14(11-9-20-23(2)10-11)12-5-3-7-19-16(12)22-17/h3-10,15H,1-2H3,(H,18,19,22). The average molecular weight is 336 g/mol. The van der Waals surface area contributed by atoms with Gasteiger partial charge in [-0.1, -0.05) is 6.07 Å². The Balaban J connectivity index is 1.96. The van der Waals surface area contributed by atoms with Crippen LogP contribution in [0.5, 0.6) is 0 Å². The summed E-state index contributed by atoms with van der Waals surface area (Å²) in [5.41, 5.74) is 2.73. The fraction of sp³-hybridized carbons (Fsp3) is 0.176. The Morgan fingerprint density at radius 2 is 2.17 bits per heavy atom. The van der Waals surface area contributed by atoms with E-state index in [9.17, 15) is 0 Å². The summed E-state index contributed by atoms with van der Waals surface area (Å²) in [6.45, 7) is 0. The van der Waals surface area contributed by atoms with E-state index in [0.29, 0.717) is 5.82 Å². The molecule has 1 atom stereocenters. The molecule has 0 aliphatic carbocycles. The SMILES string of the molecule is CNC1=Nc2ncccc2C(c2cnn(C)c2)=NC1c1cccs1. The third-order valence-electron chi connectivity index (χ3n) is 3.83. The lowest BCUT2D eigenvalue weighted by atomic mass is 10.1. The van der Waals surface area contributed by atoms with Gasteiger partial charge in [-0.15, -0.1) is 11.3 Å². The molecule has 3 aromatic heterocycles. The monoisotopic (exact) mass is 336 g/mol. The maximum Gasteiger partial charge on any atom is 0.163 e. The summed E-state index contributed by atoms with van der Waals surface area (Å²) in [4.78, 5) is 15.4. The Bertz CT molecular complexity index is 922. The minimum Gasteiger partial charge on any atom is -0.374 e. The van der Waals surface area contributed by atoms with Crippen molar-refractivity contribution >= 4 is 28.7 Å². The average Bonchev–Trinajstić information content (AvgIpc) is 3.24. The lowest BCUT2D eigenvalue weighted by Gasteiger charge is -2.13. The van der Waals surface area contributed by atoms with Crippen LogP contribution in [0, 0.1) is 0 Å². The van der Waals surface area contributed by atoms with Crippen LogP contribution in [0.4, 0.5) is 5.82 Å². The van der Waals surface area contributed by atoms with Crippen LogP contribution in [-0.4, -0.2) is 33.4 Å². The number of hydrogen-bond donors (Lipinski definition) is 1. The van der Waals surface area contributed by atoms with E-state index in [2.05, 4.69) is 26.8 Å². The fourth-order valence-electron chi connectivity index (χ4n) is 2.72. The molecule has 4 rings (SSSR count). The Kier molecular flexibility index (Phi) is 3.70. The number of nitrogens with zero attached hydrogens (tertiary/aromatic N) is 5. The zero-order chi connectivity index (χ0) is 16.5. The highest BCUT2D eigenvalue weighted by molar-refractivity contribution is 7.10. The van der Waals surface area contributed by atoms with E-state index in [4.69, 9.17) is 9.98 Å². The van der Waals surface area contributed by atoms with Crippen molar-refractivity contribution in [2.24, 2.45) is 17.0 Å². The van der Waals surface area contributed by atoms with E-state index in [0.717, 1.165) is 27.6 Å². The quantitative estimate of drug-likeness (QED) is 0.782. The van der Waals surface area contributed by atoms with Crippen LogP contribution in [0.1, 0.15) is 22.0 Å². The van der Waals surface area contributed by atoms with Gasteiger partial charge in [0.15, 0.2) is 5.82 Å². The zero-order valence-corrected chi connectivity index (χ0v) is 14.2. The first-order valence-electron chi connectivity index (χ1n) is 7.58. The molecule has 0 radical (unpaired) electrons. The van der Waals surface area contributed by atoms with E-state index in [1.807, 2.05) is 44.7 Å². The summed E-state index contributed by atoms with van der Waals surface area (Å²) in [5.74, 6) is 1.46. The molecule has 0 fully saturated rings. The van der Waals surface area contributed by atoms with Crippen molar-refractivity contribution in [3.8, 4) is 0 Å². The Morgan fingerprint density at radius 3 is 2.88 bits per heavy atom. The number of nitrogens with one attached hydrogen (secondary N) is 1. The van der Waals surface area contributed by atoms with Gasteiger partial charge in [0.2, 0.25) is 0 Å². The van der Waals surface area contributed by atoms with Gasteiger partial charge in [-0.05, 0) is 23.6 Å². The Morgan fingerprint density at radius 1 is 1.25 bits per heavy atom. The summed E-state index contributed by atoms with van der Waals surface area (Å²) < 4.78 is 1.78. The van der Waals surface area contributed by atoms with Crippen LogP contribution in [0.3, 0.4) is 0 Å². The van der Waals surface area contributed by atoms with E-state index in [1.54, 1.807) is 22.2 Å². The Labute approximate surface area is 143 Å². The van der Waals surface area contributed by atoms with Crippen molar-refractivity contribution in [3.63, 3.8) is 0 Å². The molecule has 0 amide bonds. The number of hydrogen-bond acceptors (Lipinski definition) is 6. The first kappa shape index (κ1) is 14.8. The second-order valence-corrected chi connectivity index (χ2v) is 6.40. The molecule has 3 aromatic rings. The third kappa shape index (κ3) is 2.52. The van der Waals surface area contributed by atoms with E-state index < -0.39 is 0 Å². The smallest absolute Gasteiger partial charge is 0.163 e. The predicted molar refractivity (Wildman–Crippen MR) is 96.3 cm³/mol. The molecule has 0 bridgehead atoms. The number of aromatic nitrogens is 3. The lowest BCUT2D eigenvalue weighted by Crippen LogP contribution is -2.24. The van der Waals surface area contributed by atoms with Gasteiger partial charge in [-0.25, -0.2) is 9.98 Å². The normalized spacial score (nSPS) is 16.8. The maximum atomic E-state index is 5.04. The number of aliphatic imine (C=N–C) groups is 2. The van der Waals surface area contributed by atoms with Crippen LogP contribution in [0.15, 0.2) is 58.2 Å². The van der Waals surface area contributed by atoms with Gasteiger partial charge >= 0.3 is 0 Å². The molecule has 0 saturated carbocycles. The number of rotatable bonds is 2.